The Balaban J connectivity index is 2.69. The zero-order valence-corrected chi connectivity index (χ0v) is 21.1. The maximum Gasteiger partial charge on any atom is 0.573 e. The maximum atomic E-state index is 14.9. The molecule has 0 amide bonds. The van der Waals surface area contributed by atoms with Gasteiger partial charge < -0.3 is 4.74 Å². The second-order valence-corrected chi connectivity index (χ2v) is 8.28. The Bertz CT molecular complexity index is 1830. The maximum absolute atomic E-state index is 14.9. The molecule has 0 bridgehead atoms. The molecule has 0 aromatic heterocycles. The lowest BCUT2D eigenvalue weighted by Crippen LogP contribution is -2.18. The first-order valence-corrected chi connectivity index (χ1v) is 11.2. The highest BCUT2D eigenvalue weighted by Gasteiger charge is 2.41. The van der Waals surface area contributed by atoms with Crippen molar-refractivity contribution in [3.05, 3.63) is 84.4 Å². The minimum absolute atomic E-state index is 0.432. The smallest absolute Gasteiger partial charge is 0.402 e. The summed E-state index contributed by atoms with van der Waals surface area (Å²) in [6.07, 6.45) is -10.6. The van der Waals surface area contributed by atoms with Crippen LogP contribution in [0.2, 0.25) is 0 Å². The molecular weight excluding hydrogens is 643 g/mol. The molecule has 0 spiro atoms. The number of benzene rings is 2. The van der Waals surface area contributed by atoms with Crippen molar-refractivity contribution in [3.63, 3.8) is 0 Å². The number of halogens is 11. The van der Waals surface area contributed by atoms with Crippen molar-refractivity contribution < 1.29 is 57.8 Å². The van der Waals surface area contributed by atoms with Gasteiger partial charge in [-0.1, -0.05) is 5.18 Å². The summed E-state index contributed by atoms with van der Waals surface area (Å²) in [5.74, 6) is -15.0. The number of nitrogens with zero attached hydrogens (tertiary/aromatic N) is 5. The van der Waals surface area contributed by atoms with Crippen molar-refractivity contribution in [2.24, 2.45) is 10.4 Å². The molecule has 1 aliphatic rings. The number of hydrogen-bond donors (Lipinski definition) is 0. The van der Waals surface area contributed by atoms with Gasteiger partial charge in [-0.25, -0.2) is 22.0 Å². The van der Waals surface area contributed by atoms with Crippen molar-refractivity contribution in [2.45, 2.75) is 12.7 Å². The third kappa shape index (κ3) is 6.48. The molecular formula is C25H6F11N5O4. The fourth-order valence-electron chi connectivity index (χ4n) is 4.12. The first-order valence-electron chi connectivity index (χ1n) is 11.2. The fourth-order valence-corrected chi connectivity index (χ4v) is 4.12. The lowest BCUT2D eigenvalue weighted by Gasteiger charge is -2.17. The normalized spacial score (nSPS) is 14.4. The van der Waals surface area contributed by atoms with Crippen LogP contribution in [0.1, 0.15) is 22.3 Å². The first kappa shape index (κ1) is 33.8. The number of hydrogen-bond acceptors (Lipinski definition) is 9. The summed E-state index contributed by atoms with van der Waals surface area (Å²) in [5.41, 5.74) is -12.3. The number of nitroso groups, excluding NO2 is 2. The third-order valence-corrected chi connectivity index (χ3v) is 5.75. The lowest BCUT2D eigenvalue weighted by molar-refractivity contribution is -0.320. The van der Waals surface area contributed by atoms with E-state index in [4.69, 9.17) is 0 Å². The van der Waals surface area contributed by atoms with Gasteiger partial charge in [-0.2, -0.15) is 20.7 Å². The molecule has 9 nitrogen and oxygen atoms in total. The standard InChI is InChI=1S/C25H6F11N5O4/c26-17-16(18(27)20(29)21(30)19(17)28)12(5-39)14-13(6-40-42)10(1-8(3-37)7-44-24(31,32)33)11-2-9(4-38)23(45-25(34,35)36)22(41-43)15(11)14/h1-2H,6-7H2/b8-1-,14-12-. The van der Waals surface area contributed by atoms with Crippen LogP contribution in [0.15, 0.2) is 33.6 Å². The van der Waals surface area contributed by atoms with Crippen molar-refractivity contribution in [3.8, 4) is 24.0 Å². The molecule has 0 saturated heterocycles. The number of fused-ring (bicyclic) bond motifs is 1. The van der Waals surface area contributed by atoms with Crippen molar-refractivity contribution in [1.82, 2.24) is 0 Å². The van der Waals surface area contributed by atoms with Gasteiger partial charge in [0.1, 0.15) is 18.7 Å². The van der Waals surface area contributed by atoms with E-state index in [2.05, 4.69) is 19.8 Å². The van der Waals surface area contributed by atoms with Crippen LogP contribution in [0, 0.1) is 72.9 Å². The highest BCUT2D eigenvalue weighted by molar-refractivity contribution is 6.17. The summed E-state index contributed by atoms with van der Waals surface area (Å²) in [4.78, 5) is 23.3. The number of allylic oxidation sites excluding steroid dienone is 3. The number of alkyl halides is 6. The van der Waals surface area contributed by atoms with E-state index in [9.17, 15) is 73.9 Å². The molecule has 0 saturated carbocycles. The largest absolute Gasteiger partial charge is 0.573 e. The van der Waals surface area contributed by atoms with Crippen molar-refractivity contribution >= 4 is 22.4 Å². The second kappa shape index (κ2) is 12.5. The molecule has 0 aliphatic heterocycles. The zero-order chi connectivity index (χ0) is 34.0. The Morgan fingerprint density at radius 2 is 1.44 bits per heavy atom. The van der Waals surface area contributed by atoms with E-state index >= 15 is 0 Å². The number of rotatable bonds is 8. The molecule has 0 N–H and O–H groups in total. The fraction of sp³-hybridized carbons (Fsp3) is 0.160. The minimum atomic E-state index is -5.67. The summed E-state index contributed by atoms with van der Waals surface area (Å²) < 4.78 is 157. The summed E-state index contributed by atoms with van der Waals surface area (Å²) in [6.45, 7) is -2.90. The van der Waals surface area contributed by atoms with Gasteiger partial charge in [0.25, 0.3) is 0 Å². The molecule has 2 aromatic carbocycles. The van der Waals surface area contributed by atoms with E-state index in [1.807, 2.05) is 0 Å². The zero-order valence-electron chi connectivity index (χ0n) is 21.1. The van der Waals surface area contributed by atoms with Gasteiger partial charge in [-0.15, -0.1) is 31.2 Å². The number of nitriles is 3. The van der Waals surface area contributed by atoms with Crippen LogP contribution in [0.4, 0.5) is 54.0 Å². The number of ether oxygens (including phenoxy) is 2. The van der Waals surface area contributed by atoms with Crippen LogP contribution in [-0.2, 0) is 4.74 Å². The van der Waals surface area contributed by atoms with Crippen molar-refractivity contribution in [1.29, 1.82) is 15.8 Å². The van der Waals surface area contributed by atoms with Gasteiger partial charge in [0.05, 0.1) is 34.9 Å². The second-order valence-electron chi connectivity index (χ2n) is 8.28. The average Bonchev–Trinajstić information content (AvgIpc) is 3.25. The quantitative estimate of drug-likeness (QED) is 0.0945. The van der Waals surface area contributed by atoms with E-state index in [-0.39, 0.29) is 0 Å². The van der Waals surface area contributed by atoms with Crippen LogP contribution >= 0.6 is 0 Å². The summed E-state index contributed by atoms with van der Waals surface area (Å²) in [6, 6.07) is 3.94. The third-order valence-electron chi connectivity index (χ3n) is 5.75. The first-order chi connectivity index (χ1) is 21.0. The molecule has 0 heterocycles. The van der Waals surface area contributed by atoms with Crippen LogP contribution < -0.4 is 4.74 Å². The average molecular weight is 649 g/mol. The Hall–Kier alpha value is -5.68. The monoisotopic (exact) mass is 649 g/mol. The van der Waals surface area contributed by atoms with Crippen molar-refractivity contribution in [2.75, 3.05) is 13.2 Å². The minimum Gasteiger partial charge on any atom is -0.402 e. The molecule has 20 heteroatoms. The Kier molecular flexibility index (Phi) is 9.40. The van der Waals surface area contributed by atoms with Crippen LogP contribution in [0.5, 0.6) is 5.75 Å². The molecule has 0 atom stereocenters. The summed E-state index contributed by atoms with van der Waals surface area (Å²) >= 11 is 0. The van der Waals surface area contributed by atoms with E-state index < -0.39 is 117 Å². The Morgan fingerprint density at radius 3 is 1.89 bits per heavy atom. The SMILES string of the molecule is N#C/C(=C/C1=C(CN=O)C(=C(\C#N)c2c(F)c(F)c(F)c(F)c2F)/c2c1cc(C#N)c(OC(F)(F)F)c2N=O)COC(F)(F)F. The predicted molar refractivity (Wildman–Crippen MR) is 125 cm³/mol. The predicted octanol–water partition coefficient (Wildman–Crippen LogP) is 7.50. The van der Waals surface area contributed by atoms with Crippen LogP contribution in [0.25, 0.3) is 16.7 Å². The van der Waals surface area contributed by atoms with E-state index in [0.717, 1.165) is 6.07 Å². The Labute approximate surface area is 241 Å². The highest BCUT2D eigenvalue weighted by atomic mass is 19.4. The van der Waals surface area contributed by atoms with Gasteiger partial charge in [0, 0.05) is 11.1 Å². The van der Waals surface area contributed by atoms with Gasteiger partial charge >= 0.3 is 12.7 Å². The molecule has 0 fully saturated rings. The van der Waals surface area contributed by atoms with Gasteiger partial charge in [0.15, 0.2) is 34.7 Å². The molecule has 1 aliphatic carbocycles. The summed E-state index contributed by atoms with van der Waals surface area (Å²) in [7, 11) is 0. The van der Waals surface area contributed by atoms with E-state index in [0.29, 0.717) is 12.1 Å². The lowest BCUT2D eigenvalue weighted by atomic mass is 9.90. The van der Waals surface area contributed by atoms with E-state index in [1.165, 1.54) is 12.1 Å². The Morgan fingerprint density at radius 1 is 0.867 bits per heavy atom. The van der Waals surface area contributed by atoms with Crippen LogP contribution in [0.3, 0.4) is 0 Å². The molecule has 0 radical (unpaired) electrons. The van der Waals surface area contributed by atoms with Gasteiger partial charge in [0.2, 0.25) is 5.82 Å². The van der Waals surface area contributed by atoms with Gasteiger partial charge in [-0.05, 0) is 34.0 Å². The molecule has 2 aromatic rings. The van der Waals surface area contributed by atoms with Crippen LogP contribution in [-0.4, -0.2) is 25.9 Å². The molecule has 232 valence electrons. The summed E-state index contributed by atoms with van der Waals surface area (Å²) in [5, 5.41) is 33.5. The topological polar surface area (TPSA) is 149 Å². The molecule has 3 rings (SSSR count). The molecule has 0 unspecified atom stereocenters. The van der Waals surface area contributed by atoms with Gasteiger partial charge in [-0.3, -0.25) is 4.74 Å². The molecule has 45 heavy (non-hydrogen) atoms. The highest BCUT2D eigenvalue weighted by Crippen LogP contribution is 2.54. The van der Waals surface area contributed by atoms with E-state index in [1.54, 1.807) is 0 Å².